The average Bonchev–Trinajstić information content (AvgIpc) is 1.83. The van der Waals surface area contributed by atoms with Crippen LogP contribution in [0.4, 0.5) is 4.79 Å². The van der Waals surface area contributed by atoms with E-state index in [-0.39, 0.29) is 0 Å². The standard InChI is InChI=1S/C6H12NO2/c1-5(2)4-7-6(8)9-3/h5H,3-4H2,1-2H3,(H,7,8). The summed E-state index contributed by atoms with van der Waals surface area (Å²) in [6.45, 7) is 4.64. The molecule has 0 fully saturated rings. The van der Waals surface area contributed by atoms with Crippen molar-refractivity contribution in [3.63, 3.8) is 0 Å². The first-order valence-corrected chi connectivity index (χ1v) is 2.86. The summed E-state index contributed by atoms with van der Waals surface area (Å²) in [5.74, 6) is 0.448. The van der Waals surface area contributed by atoms with Crippen LogP contribution in [0.1, 0.15) is 13.8 Å². The van der Waals surface area contributed by atoms with Crippen LogP contribution in [0.3, 0.4) is 0 Å². The van der Waals surface area contributed by atoms with Gasteiger partial charge in [-0.3, -0.25) is 0 Å². The van der Waals surface area contributed by atoms with Crippen molar-refractivity contribution in [2.45, 2.75) is 13.8 Å². The van der Waals surface area contributed by atoms with E-state index in [1.807, 2.05) is 13.8 Å². The van der Waals surface area contributed by atoms with E-state index in [2.05, 4.69) is 17.2 Å². The third kappa shape index (κ3) is 5.14. The third-order valence-corrected chi connectivity index (χ3v) is 0.786. The molecule has 0 aliphatic rings. The number of carbonyl (C=O) groups excluding carboxylic acids is 1. The fourth-order valence-electron chi connectivity index (χ4n) is 0.338. The highest BCUT2D eigenvalue weighted by molar-refractivity contribution is 5.67. The molecule has 0 rings (SSSR count). The molecule has 0 heterocycles. The first-order chi connectivity index (χ1) is 4.16. The van der Waals surface area contributed by atoms with Gasteiger partial charge in [0.2, 0.25) is 0 Å². The Balaban J connectivity index is 3.17. The second-order valence-electron chi connectivity index (χ2n) is 2.21. The van der Waals surface area contributed by atoms with Gasteiger partial charge in [-0.15, -0.1) is 0 Å². The molecule has 3 heteroatoms. The van der Waals surface area contributed by atoms with Crippen molar-refractivity contribution in [1.82, 2.24) is 5.32 Å². The summed E-state index contributed by atoms with van der Waals surface area (Å²) in [6.07, 6.45) is -0.469. The molecule has 0 bridgehead atoms. The molecule has 0 aliphatic carbocycles. The minimum atomic E-state index is -0.469. The normalized spacial score (nSPS) is 9.33. The maximum absolute atomic E-state index is 10.3. The number of carbonyl (C=O) groups is 1. The quantitative estimate of drug-likeness (QED) is 0.609. The molecule has 0 aromatic carbocycles. The van der Waals surface area contributed by atoms with E-state index in [0.717, 1.165) is 0 Å². The van der Waals surface area contributed by atoms with Gasteiger partial charge < -0.3 is 10.1 Å². The number of hydrogen-bond acceptors (Lipinski definition) is 2. The molecule has 1 amide bonds. The van der Waals surface area contributed by atoms with Crippen LogP contribution in [0.2, 0.25) is 0 Å². The maximum Gasteiger partial charge on any atom is 0.407 e. The number of rotatable bonds is 2. The molecule has 0 aliphatic heterocycles. The molecule has 0 aromatic heterocycles. The summed E-state index contributed by atoms with van der Waals surface area (Å²) in [6, 6.07) is 0. The van der Waals surface area contributed by atoms with Gasteiger partial charge in [0.1, 0.15) is 7.11 Å². The van der Waals surface area contributed by atoms with Gasteiger partial charge >= 0.3 is 6.09 Å². The van der Waals surface area contributed by atoms with Crippen LogP contribution in [0.15, 0.2) is 0 Å². The van der Waals surface area contributed by atoms with E-state index >= 15 is 0 Å². The lowest BCUT2D eigenvalue weighted by molar-refractivity contribution is 0.182. The van der Waals surface area contributed by atoms with E-state index in [1.165, 1.54) is 0 Å². The minimum Gasteiger partial charge on any atom is -0.446 e. The van der Waals surface area contributed by atoms with Crippen LogP contribution in [0.5, 0.6) is 0 Å². The molecule has 0 unspecified atom stereocenters. The van der Waals surface area contributed by atoms with Gasteiger partial charge in [-0.05, 0) is 5.92 Å². The second kappa shape index (κ2) is 4.18. The van der Waals surface area contributed by atoms with Crippen molar-refractivity contribution in [2.24, 2.45) is 5.92 Å². The van der Waals surface area contributed by atoms with Gasteiger partial charge in [0.25, 0.3) is 0 Å². The monoisotopic (exact) mass is 130 g/mol. The van der Waals surface area contributed by atoms with Crippen LogP contribution in [-0.4, -0.2) is 12.6 Å². The second-order valence-corrected chi connectivity index (χ2v) is 2.21. The van der Waals surface area contributed by atoms with E-state index in [9.17, 15) is 4.79 Å². The van der Waals surface area contributed by atoms with Crippen molar-refractivity contribution in [2.75, 3.05) is 6.54 Å². The third-order valence-electron chi connectivity index (χ3n) is 0.786. The zero-order valence-corrected chi connectivity index (χ0v) is 5.81. The van der Waals surface area contributed by atoms with E-state index in [1.54, 1.807) is 0 Å². The van der Waals surface area contributed by atoms with Crippen LogP contribution in [0, 0.1) is 13.0 Å². The average molecular weight is 130 g/mol. The SMILES string of the molecule is [CH2]OC(=O)NCC(C)C. The Hall–Kier alpha value is -0.730. The fraction of sp³-hybridized carbons (Fsp3) is 0.667. The lowest BCUT2D eigenvalue weighted by Crippen LogP contribution is -2.26. The smallest absolute Gasteiger partial charge is 0.407 e. The zero-order chi connectivity index (χ0) is 7.28. The molecule has 3 nitrogen and oxygen atoms in total. The molecular formula is C6H12NO2. The summed E-state index contributed by atoms with van der Waals surface area (Å²) in [5.41, 5.74) is 0. The van der Waals surface area contributed by atoms with Gasteiger partial charge in [-0.25, -0.2) is 4.79 Å². The molecule has 0 saturated heterocycles. The van der Waals surface area contributed by atoms with E-state index in [0.29, 0.717) is 12.5 Å². The summed E-state index contributed by atoms with van der Waals surface area (Å²) < 4.78 is 4.10. The summed E-state index contributed by atoms with van der Waals surface area (Å²) >= 11 is 0. The summed E-state index contributed by atoms with van der Waals surface area (Å²) in [7, 11) is 2.95. The molecule has 53 valence electrons. The Morgan fingerprint density at radius 2 is 2.33 bits per heavy atom. The van der Waals surface area contributed by atoms with Gasteiger partial charge in [0, 0.05) is 6.54 Å². The molecule has 0 saturated carbocycles. The van der Waals surface area contributed by atoms with Gasteiger partial charge in [0.05, 0.1) is 0 Å². The van der Waals surface area contributed by atoms with Crippen LogP contribution < -0.4 is 5.32 Å². The van der Waals surface area contributed by atoms with Crippen molar-refractivity contribution < 1.29 is 9.53 Å². The number of amides is 1. The molecule has 1 N–H and O–H groups in total. The summed E-state index contributed by atoms with van der Waals surface area (Å²) in [4.78, 5) is 10.3. The van der Waals surface area contributed by atoms with Gasteiger partial charge in [-0.2, -0.15) is 0 Å². The predicted molar refractivity (Wildman–Crippen MR) is 34.7 cm³/mol. The molecule has 0 spiro atoms. The first kappa shape index (κ1) is 8.27. The predicted octanol–water partition coefficient (Wildman–Crippen LogP) is 1.16. The zero-order valence-electron chi connectivity index (χ0n) is 5.81. The van der Waals surface area contributed by atoms with Crippen LogP contribution in [-0.2, 0) is 4.74 Å². The highest BCUT2D eigenvalue weighted by Crippen LogP contribution is 1.86. The number of ether oxygens (including phenoxy) is 1. The number of alkyl carbamates (subject to hydrolysis) is 1. The lowest BCUT2D eigenvalue weighted by Gasteiger charge is -2.04. The first-order valence-electron chi connectivity index (χ1n) is 2.86. The molecule has 0 aromatic rings. The van der Waals surface area contributed by atoms with E-state index in [4.69, 9.17) is 0 Å². The van der Waals surface area contributed by atoms with Crippen LogP contribution in [0.25, 0.3) is 0 Å². The Morgan fingerprint density at radius 3 is 2.67 bits per heavy atom. The van der Waals surface area contributed by atoms with Crippen molar-refractivity contribution >= 4 is 6.09 Å². The maximum atomic E-state index is 10.3. The Labute approximate surface area is 55.4 Å². The summed E-state index contributed by atoms with van der Waals surface area (Å²) in [5, 5.41) is 2.51. The van der Waals surface area contributed by atoms with Gasteiger partial charge in [0.15, 0.2) is 0 Å². The van der Waals surface area contributed by atoms with Crippen molar-refractivity contribution in [3.05, 3.63) is 7.11 Å². The minimum absolute atomic E-state index is 0.448. The number of hydrogen-bond donors (Lipinski definition) is 1. The Bertz CT molecular complexity index is 91.1. The van der Waals surface area contributed by atoms with E-state index < -0.39 is 6.09 Å². The van der Waals surface area contributed by atoms with Gasteiger partial charge in [-0.1, -0.05) is 13.8 Å². The van der Waals surface area contributed by atoms with Crippen LogP contribution >= 0.6 is 0 Å². The molecular weight excluding hydrogens is 118 g/mol. The van der Waals surface area contributed by atoms with Crippen molar-refractivity contribution in [1.29, 1.82) is 0 Å². The molecule has 9 heavy (non-hydrogen) atoms. The fourth-order valence-corrected chi connectivity index (χ4v) is 0.338. The largest absolute Gasteiger partial charge is 0.446 e. The Kier molecular flexibility index (Phi) is 3.84. The topological polar surface area (TPSA) is 38.3 Å². The molecule has 0 atom stereocenters. The highest BCUT2D eigenvalue weighted by atomic mass is 16.5. The highest BCUT2D eigenvalue weighted by Gasteiger charge is 1.97. The molecule has 1 radical (unpaired) electrons. The number of nitrogens with one attached hydrogen (secondary N) is 1. The Morgan fingerprint density at radius 1 is 1.78 bits per heavy atom. The van der Waals surface area contributed by atoms with Crippen molar-refractivity contribution in [3.8, 4) is 0 Å². The lowest BCUT2D eigenvalue weighted by atomic mass is 10.2.